The fraction of sp³-hybridized carbons (Fsp3) is 0.905. The molecule has 0 aromatic carbocycles. The van der Waals surface area contributed by atoms with Crippen LogP contribution in [0.4, 0.5) is 0 Å². The van der Waals surface area contributed by atoms with Gasteiger partial charge in [0.2, 0.25) is 5.91 Å². The van der Waals surface area contributed by atoms with Gasteiger partial charge in [-0.25, -0.2) is 0 Å². The first kappa shape index (κ1) is 32.8. The third-order valence-electron chi connectivity index (χ3n) is 3.06. The Bertz CT molecular complexity index is 396. The molecule has 0 aliphatic carbocycles. The average molecular weight is 440 g/mol. The number of esters is 1. The normalized spacial score (nSPS) is 12.7. The van der Waals surface area contributed by atoms with Crippen molar-refractivity contribution in [3.8, 4) is 0 Å². The van der Waals surface area contributed by atoms with Gasteiger partial charge in [0.05, 0.1) is 12.7 Å². The molecule has 0 rings (SSSR count). The summed E-state index contributed by atoms with van der Waals surface area (Å²) in [4.78, 5) is 22.8. The summed E-state index contributed by atoms with van der Waals surface area (Å²) in [6.45, 7) is 16.0. The van der Waals surface area contributed by atoms with E-state index in [4.69, 9.17) is 9.47 Å². The SMILES string of the molecule is CC.CC(C)(C)C(CO)OC(O)COC(=O)CCCC(=O)NCCS.CC(C)C. The predicted molar refractivity (Wildman–Crippen MR) is 121 cm³/mol. The van der Waals surface area contributed by atoms with E-state index in [1.165, 1.54) is 0 Å². The van der Waals surface area contributed by atoms with Gasteiger partial charge in [-0.1, -0.05) is 55.4 Å². The zero-order valence-corrected chi connectivity index (χ0v) is 20.6. The Morgan fingerprint density at radius 1 is 1.10 bits per heavy atom. The number of carbonyl (C=O) groups is 2. The minimum atomic E-state index is -1.30. The highest BCUT2D eigenvalue weighted by Gasteiger charge is 2.27. The van der Waals surface area contributed by atoms with E-state index in [9.17, 15) is 19.8 Å². The molecule has 0 saturated heterocycles. The maximum Gasteiger partial charge on any atom is 0.305 e. The number of aliphatic hydroxyl groups is 2. The second-order valence-electron chi connectivity index (χ2n) is 7.97. The lowest BCUT2D eigenvalue weighted by Gasteiger charge is -2.30. The highest BCUT2D eigenvalue weighted by atomic mass is 32.1. The Balaban J connectivity index is -0.000000994. The number of hydrogen-bond donors (Lipinski definition) is 4. The molecule has 0 spiro atoms. The van der Waals surface area contributed by atoms with E-state index in [-0.39, 0.29) is 37.4 Å². The summed E-state index contributed by atoms with van der Waals surface area (Å²) >= 11 is 3.97. The van der Waals surface area contributed by atoms with Crippen LogP contribution in [0.2, 0.25) is 0 Å². The summed E-state index contributed by atoms with van der Waals surface area (Å²) in [6.07, 6.45) is -1.17. The van der Waals surface area contributed by atoms with E-state index in [0.717, 1.165) is 5.92 Å². The van der Waals surface area contributed by atoms with Crippen molar-refractivity contribution in [2.75, 3.05) is 25.5 Å². The van der Waals surface area contributed by atoms with Crippen LogP contribution in [0.25, 0.3) is 0 Å². The molecule has 29 heavy (non-hydrogen) atoms. The van der Waals surface area contributed by atoms with Crippen LogP contribution in [-0.4, -0.2) is 60.0 Å². The molecular weight excluding hydrogens is 394 g/mol. The summed E-state index contributed by atoms with van der Waals surface area (Å²) in [7, 11) is 0. The maximum absolute atomic E-state index is 11.5. The molecule has 7 nitrogen and oxygen atoms in total. The first-order valence-corrected chi connectivity index (χ1v) is 11.0. The Labute approximate surface area is 183 Å². The number of rotatable bonds is 11. The Kier molecular flexibility index (Phi) is 23.1. The molecule has 0 aromatic heterocycles. The molecule has 0 heterocycles. The van der Waals surface area contributed by atoms with Crippen LogP contribution in [0.3, 0.4) is 0 Å². The quantitative estimate of drug-likeness (QED) is 0.224. The Hall–Kier alpha value is -0.830. The van der Waals surface area contributed by atoms with Gasteiger partial charge in [-0.3, -0.25) is 9.59 Å². The Morgan fingerprint density at radius 2 is 1.62 bits per heavy atom. The molecule has 176 valence electrons. The van der Waals surface area contributed by atoms with Crippen molar-refractivity contribution in [3.63, 3.8) is 0 Å². The Morgan fingerprint density at radius 3 is 2.03 bits per heavy atom. The largest absolute Gasteiger partial charge is 0.460 e. The second-order valence-corrected chi connectivity index (χ2v) is 8.42. The summed E-state index contributed by atoms with van der Waals surface area (Å²) in [5, 5.41) is 21.6. The summed E-state index contributed by atoms with van der Waals surface area (Å²) in [5.41, 5.74) is -0.347. The average Bonchev–Trinajstić information content (AvgIpc) is 2.63. The van der Waals surface area contributed by atoms with Crippen LogP contribution in [0.5, 0.6) is 0 Å². The van der Waals surface area contributed by atoms with Gasteiger partial charge in [0.15, 0.2) is 6.29 Å². The number of thiol groups is 1. The summed E-state index contributed by atoms with van der Waals surface area (Å²) in [6, 6.07) is 0. The molecule has 0 bridgehead atoms. The molecule has 0 aliphatic rings. The van der Waals surface area contributed by atoms with Crippen molar-refractivity contribution < 1.29 is 29.3 Å². The first-order chi connectivity index (χ1) is 13.4. The van der Waals surface area contributed by atoms with E-state index < -0.39 is 18.4 Å². The van der Waals surface area contributed by atoms with Gasteiger partial charge in [0, 0.05) is 25.1 Å². The number of amides is 1. The number of hydrogen-bond acceptors (Lipinski definition) is 7. The number of nitrogens with one attached hydrogen (secondary N) is 1. The van der Waals surface area contributed by atoms with Crippen LogP contribution in [-0.2, 0) is 19.1 Å². The molecule has 0 radical (unpaired) electrons. The van der Waals surface area contributed by atoms with E-state index >= 15 is 0 Å². The van der Waals surface area contributed by atoms with Crippen molar-refractivity contribution in [2.24, 2.45) is 11.3 Å². The zero-order chi connectivity index (χ0) is 23.5. The van der Waals surface area contributed by atoms with Crippen LogP contribution in [0, 0.1) is 11.3 Å². The molecular formula is C21H45NO6S. The third kappa shape index (κ3) is 25.1. The number of carbonyl (C=O) groups excluding carboxylic acids is 2. The smallest absolute Gasteiger partial charge is 0.305 e. The molecule has 0 aromatic rings. The van der Waals surface area contributed by atoms with Gasteiger partial charge in [0.25, 0.3) is 0 Å². The topological polar surface area (TPSA) is 105 Å². The summed E-state index contributed by atoms with van der Waals surface area (Å²) in [5.74, 6) is 0.756. The molecule has 0 fully saturated rings. The van der Waals surface area contributed by atoms with Gasteiger partial charge in [-0.05, 0) is 17.8 Å². The van der Waals surface area contributed by atoms with Crippen molar-refractivity contribution in [1.29, 1.82) is 0 Å². The fourth-order valence-electron chi connectivity index (χ4n) is 1.66. The van der Waals surface area contributed by atoms with Crippen LogP contribution in [0.15, 0.2) is 0 Å². The van der Waals surface area contributed by atoms with E-state index in [1.54, 1.807) is 0 Å². The van der Waals surface area contributed by atoms with Crippen LogP contribution >= 0.6 is 12.6 Å². The minimum Gasteiger partial charge on any atom is -0.460 e. The van der Waals surface area contributed by atoms with Gasteiger partial charge in [-0.15, -0.1) is 0 Å². The van der Waals surface area contributed by atoms with Gasteiger partial charge < -0.3 is 25.0 Å². The second kappa shape index (κ2) is 20.4. The molecule has 8 heteroatoms. The predicted octanol–water partition coefficient (Wildman–Crippen LogP) is 3.18. The third-order valence-corrected chi connectivity index (χ3v) is 3.28. The monoisotopic (exact) mass is 439 g/mol. The number of ether oxygens (including phenoxy) is 2. The van der Waals surface area contributed by atoms with Gasteiger partial charge in [0.1, 0.15) is 6.61 Å². The first-order valence-electron chi connectivity index (χ1n) is 10.4. The van der Waals surface area contributed by atoms with E-state index in [2.05, 4.69) is 38.7 Å². The summed E-state index contributed by atoms with van der Waals surface area (Å²) < 4.78 is 10.1. The van der Waals surface area contributed by atoms with Crippen molar-refractivity contribution in [2.45, 2.75) is 87.0 Å². The van der Waals surface area contributed by atoms with E-state index in [1.807, 2.05) is 34.6 Å². The van der Waals surface area contributed by atoms with Crippen LogP contribution in [0.1, 0.15) is 74.7 Å². The molecule has 1 amide bonds. The molecule has 2 unspecified atom stereocenters. The highest BCUT2D eigenvalue weighted by molar-refractivity contribution is 7.80. The van der Waals surface area contributed by atoms with Crippen molar-refractivity contribution in [1.82, 2.24) is 5.32 Å². The van der Waals surface area contributed by atoms with Crippen LogP contribution < -0.4 is 5.32 Å². The van der Waals surface area contributed by atoms with Crippen molar-refractivity contribution in [3.05, 3.63) is 0 Å². The zero-order valence-electron chi connectivity index (χ0n) is 19.7. The lowest BCUT2D eigenvalue weighted by atomic mass is 9.89. The van der Waals surface area contributed by atoms with Crippen molar-refractivity contribution >= 4 is 24.5 Å². The fourth-order valence-corrected chi connectivity index (χ4v) is 1.78. The standard InChI is InChI=1S/C15H29NO6S.C4H10.C2H6/c1-15(2,3)11(9-17)22-14(20)10-21-13(19)6-4-5-12(18)16-7-8-23;1-4(2)3;1-2/h11,14,17,20,23H,4-10H2,1-3H3,(H,16,18);4H,1-3H3;1-2H3. The van der Waals surface area contributed by atoms with E-state index in [0.29, 0.717) is 18.7 Å². The molecule has 0 saturated carbocycles. The maximum atomic E-state index is 11.5. The number of aliphatic hydroxyl groups excluding tert-OH is 2. The van der Waals surface area contributed by atoms with Gasteiger partial charge >= 0.3 is 5.97 Å². The minimum absolute atomic E-state index is 0.0870. The molecule has 2 atom stereocenters. The lowest BCUT2D eigenvalue weighted by molar-refractivity contribution is -0.199. The highest BCUT2D eigenvalue weighted by Crippen LogP contribution is 2.22. The molecule has 3 N–H and O–H groups in total. The van der Waals surface area contributed by atoms with Gasteiger partial charge in [-0.2, -0.15) is 12.6 Å². The molecule has 0 aliphatic heterocycles. The lowest BCUT2D eigenvalue weighted by Crippen LogP contribution is -2.38.